The lowest BCUT2D eigenvalue weighted by Crippen LogP contribution is -2.42. The third-order valence-electron chi connectivity index (χ3n) is 8.11. The number of nitrogens with zero attached hydrogens (tertiary/aromatic N) is 2. The van der Waals surface area contributed by atoms with Crippen LogP contribution in [0, 0.1) is 23.2 Å². The fourth-order valence-corrected chi connectivity index (χ4v) is 7.51. The summed E-state index contributed by atoms with van der Waals surface area (Å²) in [6.07, 6.45) is 2.22. The van der Waals surface area contributed by atoms with Crippen LogP contribution in [0.1, 0.15) is 31.7 Å². The fraction of sp³-hybridized carbons (Fsp3) is 0.345. The lowest BCUT2D eigenvalue weighted by molar-refractivity contribution is -0.130. The predicted octanol–water partition coefficient (Wildman–Crippen LogP) is 5.33. The van der Waals surface area contributed by atoms with Gasteiger partial charge in [0.05, 0.1) is 47.5 Å². The molecule has 0 radical (unpaired) electrons. The second kappa shape index (κ2) is 8.36. The lowest BCUT2D eigenvalue weighted by atomic mass is 9.67. The Morgan fingerprint density at radius 1 is 1.06 bits per heavy atom. The first-order valence-electron chi connectivity index (χ1n) is 12.2. The molecule has 3 aliphatic rings. The minimum atomic E-state index is -0.644. The monoisotopic (exact) mass is 498 g/mol. The number of hydrogen-bond acceptors (Lipinski definition) is 6. The van der Waals surface area contributed by atoms with E-state index in [9.17, 15) is 14.9 Å². The topological polar surface area (TPSA) is 79.6 Å². The normalized spacial score (nSPS) is 28.5. The molecule has 3 fully saturated rings. The van der Waals surface area contributed by atoms with E-state index in [4.69, 9.17) is 9.47 Å². The zero-order valence-electron chi connectivity index (χ0n) is 20.2. The van der Waals surface area contributed by atoms with Crippen LogP contribution in [0.2, 0.25) is 0 Å². The number of fused-ring (bicyclic) bond motifs is 6. The highest BCUT2D eigenvalue weighted by molar-refractivity contribution is 7.99. The first-order chi connectivity index (χ1) is 17.4. The van der Waals surface area contributed by atoms with Gasteiger partial charge in [-0.3, -0.25) is 9.59 Å². The Balaban J connectivity index is 1.32. The molecule has 7 heteroatoms. The van der Waals surface area contributed by atoms with Crippen LogP contribution in [0.25, 0.3) is 10.8 Å². The highest BCUT2D eigenvalue weighted by Crippen LogP contribution is 2.62. The highest BCUT2D eigenvalue weighted by Gasteiger charge is 2.73. The molecule has 4 atom stereocenters. The van der Waals surface area contributed by atoms with Crippen molar-refractivity contribution < 1.29 is 19.1 Å². The van der Waals surface area contributed by atoms with Crippen molar-refractivity contribution >= 4 is 40.0 Å². The number of carbonyl (C=O) groups is 2. The molecule has 182 valence electrons. The third kappa shape index (κ3) is 3.28. The molecule has 2 bridgehead atoms. The van der Waals surface area contributed by atoms with E-state index in [1.807, 2.05) is 55.5 Å². The van der Waals surface area contributed by atoms with E-state index in [-0.39, 0.29) is 11.8 Å². The lowest BCUT2D eigenvalue weighted by Gasteiger charge is -2.31. The van der Waals surface area contributed by atoms with E-state index < -0.39 is 23.0 Å². The maximum absolute atomic E-state index is 14.0. The second-order valence-corrected chi connectivity index (χ2v) is 11.2. The summed E-state index contributed by atoms with van der Waals surface area (Å²) < 4.78 is 11.9. The van der Waals surface area contributed by atoms with E-state index in [0.29, 0.717) is 17.7 Å². The van der Waals surface area contributed by atoms with Gasteiger partial charge in [0, 0.05) is 21.4 Å². The summed E-state index contributed by atoms with van der Waals surface area (Å²) in [7, 11) is 1.65. The largest absolute Gasteiger partial charge is 0.497 e. The number of carbonyl (C=O) groups excluding carboxylic acids is 2. The third-order valence-corrected chi connectivity index (χ3v) is 9.10. The number of rotatable bonds is 6. The number of benzene rings is 3. The number of nitriles is 1. The van der Waals surface area contributed by atoms with Crippen LogP contribution in [0.3, 0.4) is 0 Å². The highest BCUT2D eigenvalue weighted by atomic mass is 32.2. The maximum Gasteiger partial charge on any atom is 0.240 e. The Morgan fingerprint density at radius 3 is 2.61 bits per heavy atom. The van der Waals surface area contributed by atoms with Crippen molar-refractivity contribution in [1.29, 1.82) is 5.26 Å². The van der Waals surface area contributed by atoms with Gasteiger partial charge in [-0.15, -0.1) is 11.8 Å². The van der Waals surface area contributed by atoms with Gasteiger partial charge >= 0.3 is 0 Å². The molecule has 0 N–H and O–H groups in total. The van der Waals surface area contributed by atoms with E-state index in [1.165, 1.54) is 4.90 Å². The standard InChI is InChI=1S/C29H26N2O4S/c1-28-12-13-29(35-28,14-15-36-20-7-5-6-19(16-20)34-2)25-24(28)26(32)31(27(25)33)23-11-10-18(17-30)21-8-3-4-9-22(21)23/h3-11,16,24-25H,12-15H2,1-2H3/t24-,25+,28-,29-/m1/s1. The molecule has 0 saturated carbocycles. The van der Waals surface area contributed by atoms with Gasteiger partial charge in [0.15, 0.2) is 0 Å². The van der Waals surface area contributed by atoms with Crippen LogP contribution in [0.15, 0.2) is 65.6 Å². The molecule has 6 nitrogen and oxygen atoms in total. The number of anilines is 1. The van der Waals surface area contributed by atoms with Gasteiger partial charge in [-0.1, -0.05) is 30.3 Å². The van der Waals surface area contributed by atoms with Gasteiger partial charge < -0.3 is 9.47 Å². The molecule has 0 aromatic heterocycles. The van der Waals surface area contributed by atoms with Crippen LogP contribution in [-0.4, -0.2) is 35.9 Å². The predicted molar refractivity (Wildman–Crippen MR) is 138 cm³/mol. The Kier molecular flexibility index (Phi) is 5.36. The van der Waals surface area contributed by atoms with Crippen molar-refractivity contribution in [2.24, 2.45) is 11.8 Å². The number of ether oxygens (including phenoxy) is 2. The number of thioether (sulfide) groups is 1. The average molecular weight is 499 g/mol. The van der Waals surface area contributed by atoms with Crippen LogP contribution in [0.5, 0.6) is 5.75 Å². The zero-order valence-corrected chi connectivity index (χ0v) is 21.0. The molecule has 3 aromatic rings. The Morgan fingerprint density at radius 2 is 1.83 bits per heavy atom. The SMILES string of the molecule is COc1cccc(SCC[C@@]23CC[C@@](C)(O2)[C@H]2C(=O)N(c4ccc(C#N)c5ccccc45)C(=O)[C@H]23)c1. The molecule has 0 spiro atoms. The maximum atomic E-state index is 14.0. The molecule has 6 rings (SSSR count). The molecule has 36 heavy (non-hydrogen) atoms. The minimum absolute atomic E-state index is 0.185. The number of methoxy groups -OCH3 is 1. The van der Waals surface area contributed by atoms with Crippen molar-refractivity contribution in [3.8, 4) is 11.8 Å². The van der Waals surface area contributed by atoms with Crippen LogP contribution < -0.4 is 9.64 Å². The van der Waals surface area contributed by atoms with Gasteiger partial charge in [-0.2, -0.15) is 5.26 Å². The Bertz CT molecular complexity index is 1450. The average Bonchev–Trinajstić information content (AvgIpc) is 3.48. The summed E-state index contributed by atoms with van der Waals surface area (Å²) in [5.41, 5.74) is -0.211. The van der Waals surface area contributed by atoms with E-state index >= 15 is 0 Å². The van der Waals surface area contributed by atoms with Crippen LogP contribution in [-0.2, 0) is 14.3 Å². The smallest absolute Gasteiger partial charge is 0.240 e. The Labute approximate surface area is 214 Å². The van der Waals surface area contributed by atoms with Crippen LogP contribution >= 0.6 is 11.8 Å². The second-order valence-electron chi connectivity index (χ2n) is 10.0. The molecule has 0 aliphatic carbocycles. The summed E-state index contributed by atoms with van der Waals surface area (Å²) in [6, 6.07) is 21.0. The molecule has 3 aromatic carbocycles. The molecule has 3 aliphatic heterocycles. The number of hydrogen-bond donors (Lipinski definition) is 0. The van der Waals surface area contributed by atoms with Crippen molar-refractivity contribution in [1.82, 2.24) is 0 Å². The van der Waals surface area contributed by atoms with Crippen molar-refractivity contribution in [3.63, 3.8) is 0 Å². The van der Waals surface area contributed by atoms with Gasteiger partial charge in [-0.05, 0) is 56.5 Å². The molecule has 3 saturated heterocycles. The number of amides is 2. The van der Waals surface area contributed by atoms with Gasteiger partial charge in [0.1, 0.15) is 5.75 Å². The van der Waals surface area contributed by atoms with Gasteiger partial charge in [0.2, 0.25) is 11.8 Å². The van der Waals surface area contributed by atoms with Gasteiger partial charge in [0.25, 0.3) is 0 Å². The minimum Gasteiger partial charge on any atom is -0.497 e. The molecule has 2 amide bonds. The number of imide groups is 1. The Hall–Kier alpha value is -3.34. The van der Waals surface area contributed by atoms with Gasteiger partial charge in [-0.25, -0.2) is 4.90 Å². The van der Waals surface area contributed by atoms with E-state index in [0.717, 1.165) is 40.0 Å². The fourth-order valence-electron chi connectivity index (χ4n) is 6.46. The summed E-state index contributed by atoms with van der Waals surface area (Å²) in [6.45, 7) is 1.99. The first kappa shape index (κ1) is 23.1. The van der Waals surface area contributed by atoms with Crippen molar-refractivity contribution in [3.05, 3.63) is 66.2 Å². The molecule has 0 unspecified atom stereocenters. The van der Waals surface area contributed by atoms with Crippen molar-refractivity contribution in [2.45, 2.75) is 42.3 Å². The zero-order chi connectivity index (χ0) is 25.1. The summed E-state index contributed by atoms with van der Waals surface area (Å²) >= 11 is 1.71. The quantitative estimate of drug-likeness (QED) is 0.338. The van der Waals surface area contributed by atoms with E-state index in [2.05, 4.69) is 6.07 Å². The summed E-state index contributed by atoms with van der Waals surface area (Å²) in [5.74, 6) is 0.219. The van der Waals surface area contributed by atoms with Crippen molar-refractivity contribution in [2.75, 3.05) is 17.8 Å². The molecular formula is C29H26N2O4S. The first-order valence-corrected chi connectivity index (χ1v) is 13.2. The molecule has 3 heterocycles. The summed E-state index contributed by atoms with van der Waals surface area (Å²) in [5, 5.41) is 11.0. The van der Waals surface area contributed by atoms with Crippen LogP contribution in [0.4, 0.5) is 5.69 Å². The molecular weight excluding hydrogens is 472 g/mol. The van der Waals surface area contributed by atoms with E-state index in [1.54, 1.807) is 31.0 Å². The summed E-state index contributed by atoms with van der Waals surface area (Å²) in [4.78, 5) is 30.3.